The Morgan fingerprint density at radius 1 is 0.750 bits per heavy atom. The fourth-order valence-corrected chi connectivity index (χ4v) is 1.74. The van der Waals surface area contributed by atoms with Gasteiger partial charge in [0.1, 0.15) is 5.82 Å². The van der Waals surface area contributed by atoms with Gasteiger partial charge in [-0.1, -0.05) is 12.1 Å². The number of hydrogen-bond donors (Lipinski definition) is 0. The van der Waals surface area contributed by atoms with Gasteiger partial charge >= 0.3 is 0 Å². The summed E-state index contributed by atoms with van der Waals surface area (Å²) in [6.45, 7) is 8.33. The summed E-state index contributed by atoms with van der Waals surface area (Å²) in [5, 5.41) is 0. The molecule has 2 nitrogen and oxygen atoms in total. The van der Waals surface area contributed by atoms with E-state index in [1.54, 1.807) is 0 Å². The SMILES string of the molecule is Cc1ncc(-c2cc(C)c(C)c(C)c2)cn1. The molecule has 0 aliphatic heterocycles. The molecule has 0 N–H and O–H groups in total. The number of nitrogens with zero attached hydrogens (tertiary/aromatic N) is 2. The predicted octanol–water partition coefficient (Wildman–Crippen LogP) is 3.38. The van der Waals surface area contributed by atoms with Crippen molar-refractivity contribution in [1.29, 1.82) is 0 Å². The quantitative estimate of drug-likeness (QED) is 0.724. The molecule has 0 atom stereocenters. The molecule has 0 unspecified atom stereocenters. The molecule has 0 fully saturated rings. The van der Waals surface area contributed by atoms with Crippen LogP contribution in [0.15, 0.2) is 24.5 Å². The van der Waals surface area contributed by atoms with Gasteiger partial charge < -0.3 is 0 Å². The molecule has 1 aromatic carbocycles. The lowest BCUT2D eigenvalue weighted by Gasteiger charge is -2.08. The van der Waals surface area contributed by atoms with Crippen molar-refractivity contribution in [2.45, 2.75) is 27.7 Å². The summed E-state index contributed by atoms with van der Waals surface area (Å²) in [7, 11) is 0. The summed E-state index contributed by atoms with van der Waals surface area (Å²) in [6, 6.07) is 4.38. The molecule has 0 saturated heterocycles. The molecule has 0 radical (unpaired) electrons. The van der Waals surface area contributed by atoms with Crippen LogP contribution >= 0.6 is 0 Å². The lowest BCUT2D eigenvalue weighted by Crippen LogP contribution is -1.91. The Hall–Kier alpha value is -1.70. The second-order valence-electron chi connectivity index (χ2n) is 4.25. The van der Waals surface area contributed by atoms with Gasteiger partial charge in [0.25, 0.3) is 0 Å². The number of aryl methyl sites for hydroxylation is 3. The zero-order valence-electron chi connectivity index (χ0n) is 10.2. The number of aromatic nitrogens is 2. The summed E-state index contributed by atoms with van der Waals surface area (Å²) in [5.74, 6) is 0.810. The van der Waals surface area contributed by atoms with Crippen LogP contribution in [0.25, 0.3) is 11.1 Å². The molecule has 0 aliphatic rings. The molecule has 0 saturated carbocycles. The van der Waals surface area contributed by atoms with Crippen molar-refractivity contribution in [3.05, 3.63) is 47.0 Å². The maximum Gasteiger partial charge on any atom is 0.125 e. The Kier molecular flexibility index (Phi) is 2.73. The minimum absolute atomic E-state index is 0.810. The van der Waals surface area contributed by atoms with Crippen LogP contribution in [-0.4, -0.2) is 9.97 Å². The third-order valence-corrected chi connectivity index (χ3v) is 3.04. The van der Waals surface area contributed by atoms with Crippen molar-refractivity contribution in [3.8, 4) is 11.1 Å². The molecule has 2 heteroatoms. The number of rotatable bonds is 1. The van der Waals surface area contributed by atoms with Gasteiger partial charge in [-0.3, -0.25) is 0 Å². The average Bonchev–Trinajstić information content (AvgIpc) is 2.26. The van der Waals surface area contributed by atoms with E-state index in [1.807, 2.05) is 19.3 Å². The van der Waals surface area contributed by atoms with E-state index in [2.05, 4.69) is 42.9 Å². The van der Waals surface area contributed by atoms with Crippen LogP contribution in [0.5, 0.6) is 0 Å². The van der Waals surface area contributed by atoms with E-state index in [0.717, 1.165) is 11.4 Å². The molecule has 0 bridgehead atoms. The Morgan fingerprint density at radius 3 is 1.75 bits per heavy atom. The van der Waals surface area contributed by atoms with E-state index in [9.17, 15) is 0 Å². The standard InChI is InChI=1S/C14H16N2/c1-9-5-13(6-10(2)11(9)3)14-7-15-12(4)16-8-14/h5-8H,1-4H3. The average molecular weight is 212 g/mol. The van der Waals surface area contributed by atoms with Crippen LogP contribution in [0.4, 0.5) is 0 Å². The van der Waals surface area contributed by atoms with Crippen molar-refractivity contribution in [2.24, 2.45) is 0 Å². The Labute approximate surface area is 96.4 Å². The van der Waals surface area contributed by atoms with Gasteiger partial charge in [0, 0.05) is 18.0 Å². The largest absolute Gasteiger partial charge is 0.241 e. The molecule has 82 valence electrons. The van der Waals surface area contributed by atoms with Gasteiger partial charge in [-0.05, 0) is 49.9 Å². The molecular weight excluding hydrogens is 196 g/mol. The molecule has 2 rings (SSSR count). The fraction of sp³-hybridized carbons (Fsp3) is 0.286. The Morgan fingerprint density at radius 2 is 1.25 bits per heavy atom. The number of benzene rings is 1. The lowest BCUT2D eigenvalue weighted by molar-refractivity contribution is 1.05. The normalized spacial score (nSPS) is 10.5. The highest BCUT2D eigenvalue weighted by atomic mass is 14.8. The van der Waals surface area contributed by atoms with Crippen molar-refractivity contribution >= 4 is 0 Å². The summed E-state index contributed by atoms with van der Waals surface area (Å²) in [5.41, 5.74) is 6.26. The molecule has 0 spiro atoms. The molecule has 2 aromatic rings. The van der Waals surface area contributed by atoms with Gasteiger partial charge in [0.2, 0.25) is 0 Å². The van der Waals surface area contributed by atoms with Crippen LogP contribution in [-0.2, 0) is 0 Å². The van der Waals surface area contributed by atoms with Gasteiger partial charge in [-0.15, -0.1) is 0 Å². The van der Waals surface area contributed by atoms with E-state index in [0.29, 0.717) is 0 Å². The van der Waals surface area contributed by atoms with Crippen LogP contribution < -0.4 is 0 Å². The van der Waals surface area contributed by atoms with Gasteiger partial charge in [-0.25, -0.2) is 9.97 Å². The number of hydrogen-bond acceptors (Lipinski definition) is 2. The monoisotopic (exact) mass is 212 g/mol. The molecule has 1 aromatic heterocycles. The zero-order chi connectivity index (χ0) is 11.7. The van der Waals surface area contributed by atoms with Crippen LogP contribution in [0.3, 0.4) is 0 Å². The predicted molar refractivity (Wildman–Crippen MR) is 66.4 cm³/mol. The summed E-state index contributed by atoms with van der Waals surface area (Å²) >= 11 is 0. The maximum atomic E-state index is 4.23. The van der Waals surface area contributed by atoms with E-state index in [1.165, 1.54) is 22.3 Å². The van der Waals surface area contributed by atoms with Gasteiger partial charge in [0.05, 0.1) is 0 Å². The summed E-state index contributed by atoms with van der Waals surface area (Å²) < 4.78 is 0. The first-order chi connectivity index (χ1) is 7.58. The van der Waals surface area contributed by atoms with Gasteiger partial charge in [0.15, 0.2) is 0 Å². The van der Waals surface area contributed by atoms with Crippen LogP contribution in [0, 0.1) is 27.7 Å². The fourth-order valence-electron chi connectivity index (χ4n) is 1.74. The van der Waals surface area contributed by atoms with E-state index in [4.69, 9.17) is 0 Å². The first-order valence-corrected chi connectivity index (χ1v) is 5.45. The minimum atomic E-state index is 0.810. The third kappa shape index (κ3) is 1.96. The van der Waals surface area contributed by atoms with Crippen molar-refractivity contribution < 1.29 is 0 Å². The molecule has 0 aliphatic carbocycles. The van der Waals surface area contributed by atoms with E-state index in [-0.39, 0.29) is 0 Å². The Balaban J connectivity index is 2.52. The lowest BCUT2D eigenvalue weighted by atomic mass is 9.98. The molecule has 1 heterocycles. The first kappa shape index (κ1) is 10.8. The second kappa shape index (κ2) is 4.05. The van der Waals surface area contributed by atoms with E-state index >= 15 is 0 Å². The highest BCUT2D eigenvalue weighted by molar-refractivity contribution is 5.64. The molecule has 16 heavy (non-hydrogen) atoms. The summed E-state index contributed by atoms with van der Waals surface area (Å²) in [6.07, 6.45) is 3.76. The molecular formula is C14H16N2. The van der Waals surface area contributed by atoms with Crippen molar-refractivity contribution in [3.63, 3.8) is 0 Å². The first-order valence-electron chi connectivity index (χ1n) is 5.45. The van der Waals surface area contributed by atoms with Gasteiger partial charge in [-0.2, -0.15) is 0 Å². The third-order valence-electron chi connectivity index (χ3n) is 3.04. The van der Waals surface area contributed by atoms with E-state index < -0.39 is 0 Å². The summed E-state index contributed by atoms with van der Waals surface area (Å²) in [4.78, 5) is 8.45. The maximum absolute atomic E-state index is 4.23. The van der Waals surface area contributed by atoms with Crippen molar-refractivity contribution in [1.82, 2.24) is 9.97 Å². The Bertz CT molecular complexity index is 490. The van der Waals surface area contributed by atoms with Crippen molar-refractivity contribution in [2.75, 3.05) is 0 Å². The molecule has 0 amide bonds. The minimum Gasteiger partial charge on any atom is -0.241 e. The van der Waals surface area contributed by atoms with Crippen LogP contribution in [0.1, 0.15) is 22.5 Å². The highest BCUT2D eigenvalue weighted by Crippen LogP contribution is 2.23. The highest BCUT2D eigenvalue weighted by Gasteiger charge is 2.03. The van der Waals surface area contributed by atoms with Crippen LogP contribution in [0.2, 0.25) is 0 Å². The smallest absolute Gasteiger partial charge is 0.125 e. The second-order valence-corrected chi connectivity index (χ2v) is 4.25. The zero-order valence-corrected chi connectivity index (χ0v) is 10.2. The topological polar surface area (TPSA) is 25.8 Å².